The number of ether oxygens (including phenoxy) is 1. The number of rotatable bonds is 6. The van der Waals surface area contributed by atoms with Crippen LogP contribution in [0.2, 0.25) is 0 Å². The van der Waals surface area contributed by atoms with Gasteiger partial charge in [-0.1, -0.05) is 30.3 Å². The Balaban J connectivity index is 2.07. The first-order chi connectivity index (χ1) is 12.0. The van der Waals surface area contributed by atoms with E-state index >= 15 is 0 Å². The molecule has 2 amide bonds. The van der Waals surface area contributed by atoms with Crippen LogP contribution in [-0.2, 0) is 9.53 Å². The molecule has 0 unspecified atom stereocenters. The van der Waals surface area contributed by atoms with Crippen LogP contribution in [0.3, 0.4) is 0 Å². The molecule has 0 bridgehead atoms. The molecule has 0 aliphatic rings. The topological polar surface area (TPSA) is 75.7 Å². The SMILES string of the molecule is CCOC(=O)c1ccccc1C(=O)N(C)CC(=O)Nc1ccccc1. The number of carbonyl (C=O) groups is 3. The second-order valence-electron chi connectivity index (χ2n) is 5.34. The van der Waals surface area contributed by atoms with Gasteiger partial charge in [-0.25, -0.2) is 4.79 Å². The van der Waals surface area contributed by atoms with E-state index in [9.17, 15) is 14.4 Å². The van der Waals surface area contributed by atoms with E-state index < -0.39 is 11.9 Å². The number of esters is 1. The first kappa shape index (κ1) is 18.2. The third kappa shape index (κ3) is 4.91. The Morgan fingerprint density at radius 2 is 1.56 bits per heavy atom. The number of para-hydroxylation sites is 1. The molecule has 2 aromatic carbocycles. The molecule has 2 rings (SSSR count). The molecule has 6 heteroatoms. The van der Waals surface area contributed by atoms with E-state index in [1.54, 1.807) is 49.4 Å². The van der Waals surface area contributed by atoms with Crippen LogP contribution in [0.25, 0.3) is 0 Å². The first-order valence-electron chi connectivity index (χ1n) is 7.89. The molecule has 0 spiro atoms. The van der Waals surface area contributed by atoms with Crippen molar-refractivity contribution in [2.24, 2.45) is 0 Å². The van der Waals surface area contributed by atoms with Gasteiger partial charge < -0.3 is 15.0 Å². The average molecular weight is 340 g/mol. The Bertz CT molecular complexity index is 759. The molecule has 0 atom stereocenters. The molecular formula is C19H20N2O4. The summed E-state index contributed by atoms with van der Waals surface area (Å²) < 4.78 is 4.97. The molecular weight excluding hydrogens is 320 g/mol. The summed E-state index contributed by atoms with van der Waals surface area (Å²) in [6.45, 7) is 1.78. The third-order valence-electron chi connectivity index (χ3n) is 3.44. The standard InChI is InChI=1S/C19H20N2O4/c1-3-25-19(24)16-12-8-7-11-15(16)18(23)21(2)13-17(22)20-14-9-5-4-6-10-14/h4-12H,3,13H2,1-2H3,(H,20,22). The maximum absolute atomic E-state index is 12.6. The normalized spacial score (nSPS) is 10.0. The second kappa shape index (κ2) is 8.63. The van der Waals surface area contributed by atoms with E-state index in [1.807, 2.05) is 6.07 Å². The van der Waals surface area contributed by atoms with Crippen molar-refractivity contribution in [3.05, 3.63) is 65.7 Å². The summed E-state index contributed by atoms with van der Waals surface area (Å²) >= 11 is 0. The number of benzene rings is 2. The van der Waals surface area contributed by atoms with Crippen molar-refractivity contribution < 1.29 is 19.1 Å². The molecule has 0 fully saturated rings. The molecule has 25 heavy (non-hydrogen) atoms. The number of anilines is 1. The largest absolute Gasteiger partial charge is 0.462 e. The van der Waals surface area contributed by atoms with Crippen molar-refractivity contribution >= 4 is 23.5 Å². The van der Waals surface area contributed by atoms with Gasteiger partial charge in [-0.2, -0.15) is 0 Å². The zero-order valence-corrected chi connectivity index (χ0v) is 14.2. The van der Waals surface area contributed by atoms with Gasteiger partial charge in [0.25, 0.3) is 5.91 Å². The highest BCUT2D eigenvalue weighted by Gasteiger charge is 2.21. The number of hydrogen-bond donors (Lipinski definition) is 1. The lowest BCUT2D eigenvalue weighted by Gasteiger charge is -2.18. The lowest BCUT2D eigenvalue weighted by atomic mass is 10.1. The zero-order chi connectivity index (χ0) is 18.2. The van der Waals surface area contributed by atoms with Gasteiger partial charge in [0.2, 0.25) is 5.91 Å². The van der Waals surface area contributed by atoms with Crippen molar-refractivity contribution in [2.45, 2.75) is 6.92 Å². The Hall–Kier alpha value is -3.15. The highest BCUT2D eigenvalue weighted by atomic mass is 16.5. The summed E-state index contributed by atoms with van der Waals surface area (Å²) in [5, 5.41) is 2.71. The molecule has 0 aromatic heterocycles. The predicted octanol–water partition coefficient (Wildman–Crippen LogP) is 2.57. The van der Waals surface area contributed by atoms with E-state index in [4.69, 9.17) is 4.74 Å². The highest BCUT2D eigenvalue weighted by Crippen LogP contribution is 2.13. The molecule has 6 nitrogen and oxygen atoms in total. The van der Waals surface area contributed by atoms with Crippen molar-refractivity contribution in [1.82, 2.24) is 4.90 Å². The van der Waals surface area contributed by atoms with Crippen molar-refractivity contribution in [3.8, 4) is 0 Å². The Morgan fingerprint density at radius 1 is 0.960 bits per heavy atom. The fraction of sp³-hybridized carbons (Fsp3) is 0.211. The van der Waals surface area contributed by atoms with Gasteiger partial charge in [-0.05, 0) is 31.2 Å². The third-order valence-corrected chi connectivity index (χ3v) is 3.44. The number of nitrogens with one attached hydrogen (secondary N) is 1. The van der Waals surface area contributed by atoms with Gasteiger partial charge in [0.15, 0.2) is 0 Å². The van der Waals surface area contributed by atoms with Crippen molar-refractivity contribution in [2.75, 3.05) is 25.5 Å². The van der Waals surface area contributed by atoms with E-state index in [1.165, 1.54) is 18.0 Å². The summed E-state index contributed by atoms with van der Waals surface area (Å²) in [5.74, 6) is -1.31. The minimum atomic E-state index is -0.561. The molecule has 130 valence electrons. The lowest BCUT2D eigenvalue weighted by Crippen LogP contribution is -2.35. The minimum absolute atomic E-state index is 0.134. The van der Waals surface area contributed by atoms with Gasteiger partial charge in [0, 0.05) is 12.7 Å². The monoisotopic (exact) mass is 340 g/mol. The zero-order valence-electron chi connectivity index (χ0n) is 14.2. The van der Waals surface area contributed by atoms with E-state index in [0.29, 0.717) is 5.69 Å². The van der Waals surface area contributed by atoms with Crippen molar-refractivity contribution in [1.29, 1.82) is 0 Å². The van der Waals surface area contributed by atoms with E-state index in [-0.39, 0.29) is 30.2 Å². The minimum Gasteiger partial charge on any atom is -0.462 e. The highest BCUT2D eigenvalue weighted by molar-refractivity contribution is 6.06. The summed E-state index contributed by atoms with van der Waals surface area (Å²) in [7, 11) is 1.51. The van der Waals surface area contributed by atoms with E-state index in [0.717, 1.165) is 0 Å². The summed E-state index contributed by atoms with van der Waals surface area (Å²) in [6, 6.07) is 15.4. The summed E-state index contributed by atoms with van der Waals surface area (Å²) in [4.78, 5) is 37.9. The number of nitrogens with zero attached hydrogens (tertiary/aromatic N) is 1. The average Bonchev–Trinajstić information content (AvgIpc) is 2.62. The second-order valence-corrected chi connectivity index (χ2v) is 5.34. The van der Waals surface area contributed by atoms with Gasteiger partial charge in [0.05, 0.1) is 24.3 Å². The Labute approximate surface area is 146 Å². The van der Waals surface area contributed by atoms with Gasteiger partial charge in [-0.15, -0.1) is 0 Å². The molecule has 0 heterocycles. The van der Waals surface area contributed by atoms with E-state index in [2.05, 4.69) is 5.32 Å². The summed E-state index contributed by atoms with van der Waals surface area (Å²) in [6.07, 6.45) is 0. The first-order valence-corrected chi connectivity index (χ1v) is 7.89. The van der Waals surface area contributed by atoms with Gasteiger partial charge in [0.1, 0.15) is 0 Å². The maximum Gasteiger partial charge on any atom is 0.338 e. The predicted molar refractivity (Wildman–Crippen MR) is 94.4 cm³/mol. The molecule has 0 aliphatic heterocycles. The molecule has 2 aromatic rings. The molecule has 0 aliphatic carbocycles. The number of amides is 2. The Morgan fingerprint density at radius 3 is 2.20 bits per heavy atom. The van der Waals surface area contributed by atoms with Crippen LogP contribution >= 0.6 is 0 Å². The molecule has 1 N–H and O–H groups in total. The van der Waals surface area contributed by atoms with Crippen molar-refractivity contribution in [3.63, 3.8) is 0 Å². The van der Waals surface area contributed by atoms with Crippen LogP contribution in [0.4, 0.5) is 5.69 Å². The number of likely N-dealkylation sites (N-methyl/N-ethyl adjacent to an activating group) is 1. The van der Waals surface area contributed by atoms with Crippen LogP contribution in [0, 0.1) is 0 Å². The van der Waals surface area contributed by atoms with Crippen LogP contribution < -0.4 is 5.32 Å². The molecule has 0 radical (unpaired) electrons. The smallest absolute Gasteiger partial charge is 0.338 e. The quantitative estimate of drug-likeness (QED) is 0.820. The number of hydrogen-bond acceptors (Lipinski definition) is 4. The van der Waals surface area contributed by atoms with Crippen LogP contribution in [0.15, 0.2) is 54.6 Å². The van der Waals surface area contributed by atoms with Gasteiger partial charge in [-0.3, -0.25) is 9.59 Å². The van der Waals surface area contributed by atoms with Crippen LogP contribution in [0.5, 0.6) is 0 Å². The fourth-order valence-electron chi connectivity index (χ4n) is 2.27. The molecule has 0 saturated heterocycles. The Kier molecular flexibility index (Phi) is 6.28. The fourth-order valence-corrected chi connectivity index (χ4v) is 2.27. The number of carbonyl (C=O) groups excluding carboxylic acids is 3. The lowest BCUT2D eigenvalue weighted by molar-refractivity contribution is -0.116. The van der Waals surface area contributed by atoms with Gasteiger partial charge >= 0.3 is 5.97 Å². The van der Waals surface area contributed by atoms with Crippen LogP contribution in [-0.4, -0.2) is 42.9 Å². The summed E-state index contributed by atoms with van der Waals surface area (Å²) in [5.41, 5.74) is 1.04. The maximum atomic E-state index is 12.6. The molecule has 0 saturated carbocycles. The van der Waals surface area contributed by atoms with Crippen LogP contribution in [0.1, 0.15) is 27.6 Å².